The van der Waals surface area contributed by atoms with E-state index >= 15 is 0 Å². The van der Waals surface area contributed by atoms with E-state index in [1.165, 1.54) is 4.90 Å². The Bertz CT molecular complexity index is 1190. The third kappa shape index (κ3) is 2.89. The summed E-state index contributed by atoms with van der Waals surface area (Å²) in [4.78, 5) is 42.2. The number of carbonyl (C=O) groups excluding carboxylic acids is 3. The standard InChI is InChI=1S/C20H17N7O3/c21-17-6-4-11(8-22-17)14-10-27(25-24-14)15-3-1-2-12-13(15)9-26(20(12)30)16-5-7-18(28)23-19(16)29/h1-4,6,8,10,16H,5,7,9H2,(H2,21,22)(H,23,28,29). The van der Waals surface area contributed by atoms with Crippen LogP contribution in [-0.2, 0) is 16.1 Å². The highest BCUT2D eigenvalue weighted by Gasteiger charge is 2.40. The van der Waals surface area contributed by atoms with Gasteiger partial charge in [-0.1, -0.05) is 11.3 Å². The molecule has 2 aromatic heterocycles. The second-order valence-corrected chi connectivity index (χ2v) is 7.22. The van der Waals surface area contributed by atoms with Gasteiger partial charge in [0.2, 0.25) is 11.8 Å². The first-order chi connectivity index (χ1) is 14.5. The van der Waals surface area contributed by atoms with E-state index in [0.717, 1.165) is 11.1 Å². The summed E-state index contributed by atoms with van der Waals surface area (Å²) in [6.07, 6.45) is 3.90. The number of pyridine rings is 1. The molecule has 0 bridgehead atoms. The Balaban J connectivity index is 1.47. The smallest absolute Gasteiger partial charge is 0.255 e. The van der Waals surface area contributed by atoms with Gasteiger partial charge in [0.15, 0.2) is 0 Å². The normalized spacial score (nSPS) is 18.5. The molecule has 3 N–H and O–H groups in total. The summed E-state index contributed by atoms with van der Waals surface area (Å²) in [6, 6.07) is 8.18. The van der Waals surface area contributed by atoms with Gasteiger partial charge in [0, 0.05) is 35.9 Å². The number of hydrogen-bond donors (Lipinski definition) is 2. The molecule has 0 aliphatic carbocycles. The molecule has 1 fully saturated rings. The van der Waals surface area contributed by atoms with Gasteiger partial charge in [-0.05, 0) is 30.7 Å². The molecular weight excluding hydrogens is 386 g/mol. The monoisotopic (exact) mass is 403 g/mol. The molecule has 10 nitrogen and oxygen atoms in total. The number of carbonyl (C=O) groups is 3. The molecule has 1 aromatic carbocycles. The third-order valence-electron chi connectivity index (χ3n) is 5.38. The topological polar surface area (TPSA) is 136 Å². The molecule has 1 atom stereocenters. The van der Waals surface area contributed by atoms with Crippen molar-refractivity contribution in [3.05, 3.63) is 53.9 Å². The predicted molar refractivity (Wildman–Crippen MR) is 105 cm³/mol. The SMILES string of the molecule is Nc1ccc(-c2cn(-c3cccc4c3CN(C3CCC(=O)NC3=O)C4=O)nn2)cn1. The molecule has 10 heteroatoms. The van der Waals surface area contributed by atoms with Crippen LogP contribution in [0.5, 0.6) is 0 Å². The molecular formula is C20H17N7O3. The molecule has 5 rings (SSSR count). The molecule has 3 amide bonds. The van der Waals surface area contributed by atoms with Crippen LogP contribution in [0, 0.1) is 0 Å². The molecule has 3 aromatic rings. The third-order valence-corrected chi connectivity index (χ3v) is 5.38. The van der Waals surface area contributed by atoms with Gasteiger partial charge in [0.1, 0.15) is 17.6 Å². The minimum Gasteiger partial charge on any atom is -0.384 e. The minimum atomic E-state index is -0.664. The zero-order chi connectivity index (χ0) is 20.8. The van der Waals surface area contributed by atoms with Crippen LogP contribution < -0.4 is 11.1 Å². The van der Waals surface area contributed by atoms with Crippen molar-refractivity contribution in [2.24, 2.45) is 0 Å². The quantitative estimate of drug-likeness (QED) is 0.614. The summed E-state index contributed by atoms with van der Waals surface area (Å²) in [5, 5.41) is 10.7. The second-order valence-electron chi connectivity index (χ2n) is 7.22. The number of rotatable bonds is 3. The summed E-state index contributed by atoms with van der Waals surface area (Å²) >= 11 is 0. The number of nitrogens with one attached hydrogen (secondary N) is 1. The molecule has 1 unspecified atom stereocenters. The fourth-order valence-corrected chi connectivity index (χ4v) is 3.85. The van der Waals surface area contributed by atoms with Gasteiger partial charge in [-0.3, -0.25) is 19.7 Å². The van der Waals surface area contributed by atoms with E-state index < -0.39 is 11.9 Å². The first kappa shape index (κ1) is 18.0. The van der Waals surface area contributed by atoms with E-state index in [1.54, 1.807) is 41.3 Å². The van der Waals surface area contributed by atoms with Gasteiger partial charge in [-0.2, -0.15) is 0 Å². The number of anilines is 1. The Morgan fingerprint density at radius 1 is 1.13 bits per heavy atom. The molecule has 2 aliphatic rings. The van der Waals surface area contributed by atoms with Gasteiger partial charge in [0.05, 0.1) is 11.9 Å². The van der Waals surface area contributed by atoms with Crippen molar-refractivity contribution in [2.45, 2.75) is 25.4 Å². The van der Waals surface area contributed by atoms with Gasteiger partial charge < -0.3 is 10.6 Å². The van der Waals surface area contributed by atoms with Crippen LogP contribution in [0.2, 0.25) is 0 Å². The largest absolute Gasteiger partial charge is 0.384 e. The van der Waals surface area contributed by atoms with Crippen molar-refractivity contribution in [1.82, 2.24) is 30.2 Å². The molecule has 2 aliphatic heterocycles. The second kappa shape index (κ2) is 6.76. The van der Waals surface area contributed by atoms with Crippen molar-refractivity contribution in [1.29, 1.82) is 0 Å². The number of aromatic nitrogens is 4. The van der Waals surface area contributed by atoms with Crippen molar-refractivity contribution in [2.75, 3.05) is 5.73 Å². The molecule has 1 saturated heterocycles. The Hall–Kier alpha value is -4.08. The number of hydrogen-bond acceptors (Lipinski definition) is 7. The summed E-state index contributed by atoms with van der Waals surface area (Å²) < 4.78 is 1.60. The Morgan fingerprint density at radius 2 is 2.00 bits per heavy atom. The molecule has 0 spiro atoms. The molecule has 0 radical (unpaired) electrons. The van der Waals surface area contributed by atoms with E-state index in [0.29, 0.717) is 29.2 Å². The van der Waals surface area contributed by atoms with Crippen LogP contribution in [-0.4, -0.2) is 48.6 Å². The van der Waals surface area contributed by atoms with Crippen LogP contribution in [0.1, 0.15) is 28.8 Å². The number of nitrogens with two attached hydrogens (primary N) is 1. The average molecular weight is 403 g/mol. The Labute approximate surface area is 170 Å². The van der Waals surface area contributed by atoms with Crippen molar-refractivity contribution >= 4 is 23.5 Å². The molecule has 0 saturated carbocycles. The van der Waals surface area contributed by atoms with Gasteiger partial charge in [-0.15, -0.1) is 5.10 Å². The Kier molecular flexibility index (Phi) is 4.05. The molecule has 4 heterocycles. The first-order valence-electron chi connectivity index (χ1n) is 9.42. The summed E-state index contributed by atoms with van der Waals surface area (Å²) in [7, 11) is 0. The highest BCUT2D eigenvalue weighted by atomic mass is 16.2. The van der Waals surface area contributed by atoms with E-state index in [-0.39, 0.29) is 24.8 Å². The van der Waals surface area contributed by atoms with Gasteiger partial charge in [-0.25, -0.2) is 9.67 Å². The fourth-order valence-electron chi connectivity index (χ4n) is 3.85. The van der Waals surface area contributed by atoms with Crippen LogP contribution in [0.4, 0.5) is 5.82 Å². The number of benzene rings is 1. The fraction of sp³-hybridized carbons (Fsp3) is 0.200. The van der Waals surface area contributed by atoms with Crippen LogP contribution in [0.3, 0.4) is 0 Å². The van der Waals surface area contributed by atoms with Crippen molar-refractivity contribution < 1.29 is 14.4 Å². The molecule has 30 heavy (non-hydrogen) atoms. The maximum atomic E-state index is 13.0. The number of nitrogens with zero attached hydrogens (tertiary/aromatic N) is 5. The number of nitrogen functional groups attached to an aromatic ring is 1. The summed E-state index contributed by atoms with van der Waals surface area (Å²) in [5.41, 5.74) is 9.00. The lowest BCUT2D eigenvalue weighted by molar-refractivity contribution is -0.136. The van der Waals surface area contributed by atoms with Gasteiger partial charge >= 0.3 is 0 Å². The predicted octanol–water partition coefficient (Wildman–Crippen LogP) is 0.672. The van der Waals surface area contributed by atoms with Crippen molar-refractivity contribution in [3.63, 3.8) is 0 Å². The maximum absolute atomic E-state index is 13.0. The van der Waals surface area contributed by atoms with Crippen LogP contribution in [0.25, 0.3) is 16.9 Å². The maximum Gasteiger partial charge on any atom is 0.255 e. The van der Waals surface area contributed by atoms with E-state index in [4.69, 9.17) is 5.73 Å². The number of amides is 3. The zero-order valence-electron chi connectivity index (χ0n) is 15.8. The van der Waals surface area contributed by atoms with Crippen LogP contribution in [0.15, 0.2) is 42.7 Å². The number of fused-ring (bicyclic) bond motifs is 1. The number of piperidine rings is 1. The highest BCUT2D eigenvalue weighted by molar-refractivity contribution is 6.05. The first-order valence-corrected chi connectivity index (χ1v) is 9.42. The van der Waals surface area contributed by atoms with E-state index in [1.807, 2.05) is 6.07 Å². The average Bonchev–Trinajstić information content (AvgIpc) is 3.34. The van der Waals surface area contributed by atoms with Crippen LogP contribution >= 0.6 is 0 Å². The lowest BCUT2D eigenvalue weighted by Crippen LogP contribution is -2.52. The Morgan fingerprint density at radius 3 is 2.77 bits per heavy atom. The lowest BCUT2D eigenvalue weighted by Gasteiger charge is -2.29. The minimum absolute atomic E-state index is 0.214. The summed E-state index contributed by atoms with van der Waals surface area (Å²) in [6.45, 7) is 0.259. The highest BCUT2D eigenvalue weighted by Crippen LogP contribution is 2.31. The number of imide groups is 1. The van der Waals surface area contributed by atoms with Crippen molar-refractivity contribution in [3.8, 4) is 16.9 Å². The lowest BCUT2D eigenvalue weighted by atomic mass is 10.0. The van der Waals surface area contributed by atoms with E-state index in [2.05, 4.69) is 20.6 Å². The summed E-state index contributed by atoms with van der Waals surface area (Å²) in [5.74, 6) is -0.565. The zero-order valence-corrected chi connectivity index (χ0v) is 15.8. The van der Waals surface area contributed by atoms with E-state index in [9.17, 15) is 14.4 Å². The van der Waals surface area contributed by atoms with Gasteiger partial charge in [0.25, 0.3) is 5.91 Å². The molecule has 150 valence electrons.